The van der Waals surface area contributed by atoms with Crippen molar-refractivity contribution in [2.75, 3.05) is 5.75 Å². The number of hydrogen-bond acceptors (Lipinski definition) is 2. The summed E-state index contributed by atoms with van der Waals surface area (Å²) in [6.07, 6.45) is 0.195. The van der Waals surface area contributed by atoms with E-state index >= 15 is 0 Å². The number of halogens is 3. The van der Waals surface area contributed by atoms with Crippen LogP contribution in [0, 0.1) is 5.82 Å². The quantitative estimate of drug-likeness (QED) is 0.715. The van der Waals surface area contributed by atoms with Crippen LogP contribution in [0.3, 0.4) is 0 Å². The lowest BCUT2D eigenvalue weighted by Gasteiger charge is -2.05. The van der Waals surface area contributed by atoms with Gasteiger partial charge in [0, 0.05) is 21.4 Å². The summed E-state index contributed by atoms with van der Waals surface area (Å²) in [6, 6.07) is 11.4. The molecule has 20 heavy (non-hydrogen) atoms. The normalized spacial score (nSPS) is 10.6. The summed E-state index contributed by atoms with van der Waals surface area (Å²) in [5.74, 6) is -0.141. The van der Waals surface area contributed by atoms with Gasteiger partial charge in [-0.25, -0.2) is 4.39 Å². The summed E-state index contributed by atoms with van der Waals surface area (Å²) in [5, 5.41) is 1.05. The fourth-order valence-corrected chi connectivity index (χ4v) is 2.84. The molecule has 0 saturated heterocycles. The molecule has 0 unspecified atom stereocenters. The van der Waals surface area contributed by atoms with Gasteiger partial charge in [0.05, 0.1) is 5.75 Å². The minimum Gasteiger partial charge on any atom is -0.298 e. The van der Waals surface area contributed by atoms with Crippen molar-refractivity contribution in [3.63, 3.8) is 0 Å². The average molecular weight is 329 g/mol. The molecule has 2 rings (SSSR count). The minimum absolute atomic E-state index is 0.0255. The van der Waals surface area contributed by atoms with Gasteiger partial charge in [0.25, 0.3) is 0 Å². The van der Waals surface area contributed by atoms with Crippen LogP contribution in [0.4, 0.5) is 4.39 Å². The van der Waals surface area contributed by atoms with Gasteiger partial charge in [0.15, 0.2) is 0 Å². The van der Waals surface area contributed by atoms with Crippen molar-refractivity contribution in [2.24, 2.45) is 0 Å². The third-order valence-corrected chi connectivity index (χ3v) is 4.33. The summed E-state index contributed by atoms with van der Waals surface area (Å²) < 4.78 is 13.4. The molecule has 0 fully saturated rings. The first-order chi connectivity index (χ1) is 9.56. The molecule has 1 nitrogen and oxygen atoms in total. The molecule has 0 amide bonds. The number of benzene rings is 2. The molecule has 0 aliphatic rings. The zero-order chi connectivity index (χ0) is 14.5. The highest BCUT2D eigenvalue weighted by Gasteiger charge is 2.10. The van der Waals surface area contributed by atoms with Gasteiger partial charge in [-0.15, -0.1) is 11.8 Å². The first-order valence-corrected chi connectivity index (χ1v) is 7.63. The number of Topliss-reactive ketones (excluding diaryl/α,β-unsaturated/α-hetero) is 1. The molecule has 0 heterocycles. The molecule has 0 aliphatic carbocycles. The van der Waals surface area contributed by atoms with Crippen LogP contribution in [0.1, 0.15) is 5.56 Å². The van der Waals surface area contributed by atoms with E-state index in [1.165, 1.54) is 17.8 Å². The Hall–Kier alpha value is -1.03. The molecule has 2 aromatic carbocycles. The van der Waals surface area contributed by atoms with Crippen LogP contribution in [-0.4, -0.2) is 11.5 Å². The van der Waals surface area contributed by atoms with E-state index < -0.39 is 0 Å². The second kappa shape index (κ2) is 7.11. The predicted molar refractivity (Wildman–Crippen MR) is 82.3 cm³/mol. The molecule has 5 heteroatoms. The maximum Gasteiger partial charge on any atom is 0.147 e. The first-order valence-electron chi connectivity index (χ1n) is 5.89. The smallest absolute Gasteiger partial charge is 0.147 e. The van der Waals surface area contributed by atoms with E-state index in [4.69, 9.17) is 23.2 Å². The number of carbonyl (C=O) groups is 1. The molecule has 0 aliphatic heterocycles. The highest BCUT2D eigenvalue weighted by atomic mass is 35.5. The van der Waals surface area contributed by atoms with Crippen molar-refractivity contribution in [1.29, 1.82) is 0 Å². The summed E-state index contributed by atoms with van der Waals surface area (Å²) in [7, 11) is 0. The molecule has 0 bridgehead atoms. The Balaban J connectivity index is 1.96. The molecule has 104 valence electrons. The zero-order valence-corrected chi connectivity index (χ0v) is 12.7. The van der Waals surface area contributed by atoms with Crippen LogP contribution < -0.4 is 0 Å². The van der Waals surface area contributed by atoms with Gasteiger partial charge >= 0.3 is 0 Å². The SMILES string of the molecule is O=C(CSc1ccccc1F)Cc1cc(Cl)ccc1Cl. The van der Waals surface area contributed by atoms with E-state index in [-0.39, 0.29) is 23.8 Å². The monoisotopic (exact) mass is 328 g/mol. The molecule has 0 saturated carbocycles. The molecule has 0 N–H and O–H groups in total. The van der Waals surface area contributed by atoms with Gasteiger partial charge in [-0.1, -0.05) is 35.3 Å². The maximum absolute atomic E-state index is 13.4. The topological polar surface area (TPSA) is 17.1 Å². The summed E-state index contributed by atoms with van der Waals surface area (Å²) in [5.41, 5.74) is 0.693. The largest absolute Gasteiger partial charge is 0.298 e. The van der Waals surface area contributed by atoms with E-state index in [1.54, 1.807) is 36.4 Å². The summed E-state index contributed by atoms with van der Waals surface area (Å²) >= 11 is 13.1. The Morgan fingerprint density at radius 2 is 1.90 bits per heavy atom. The van der Waals surface area contributed by atoms with Gasteiger partial charge in [-0.3, -0.25) is 4.79 Å². The van der Waals surface area contributed by atoms with Crippen molar-refractivity contribution in [3.8, 4) is 0 Å². The summed E-state index contributed by atoms with van der Waals surface area (Å²) in [4.78, 5) is 12.4. The third kappa shape index (κ3) is 4.23. The van der Waals surface area contributed by atoms with Crippen LogP contribution in [0.25, 0.3) is 0 Å². The Labute approximate surface area is 131 Å². The van der Waals surface area contributed by atoms with Gasteiger partial charge in [0.1, 0.15) is 11.6 Å². The second-order valence-corrected chi connectivity index (χ2v) is 6.03. The Morgan fingerprint density at radius 1 is 1.15 bits per heavy atom. The molecular weight excluding hydrogens is 318 g/mol. The van der Waals surface area contributed by atoms with Crippen molar-refractivity contribution in [2.45, 2.75) is 11.3 Å². The van der Waals surface area contributed by atoms with Crippen molar-refractivity contribution >= 4 is 40.7 Å². The average Bonchev–Trinajstić information content (AvgIpc) is 2.42. The zero-order valence-electron chi connectivity index (χ0n) is 10.4. The van der Waals surface area contributed by atoms with Crippen molar-refractivity contribution < 1.29 is 9.18 Å². The lowest BCUT2D eigenvalue weighted by atomic mass is 10.1. The van der Waals surface area contributed by atoms with Crippen LogP contribution in [0.2, 0.25) is 10.0 Å². The first kappa shape index (κ1) is 15.4. The summed E-state index contributed by atoms with van der Waals surface area (Å²) in [6.45, 7) is 0. The lowest BCUT2D eigenvalue weighted by molar-refractivity contribution is -0.116. The Bertz CT molecular complexity index is 631. The van der Waals surface area contributed by atoms with E-state index in [0.29, 0.717) is 20.5 Å². The molecule has 0 spiro atoms. The maximum atomic E-state index is 13.4. The van der Waals surface area contributed by atoms with Crippen LogP contribution in [-0.2, 0) is 11.2 Å². The number of thioether (sulfide) groups is 1. The molecule has 0 atom stereocenters. The van der Waals surface area contributed by atoms with Crippen LogP contribution >= 0.6 is 35.0 Å². The van der Waals surface area contributed by atoms with Gasteiger partial charge in [0.2, 0.25) is 0 Å². The second-order valence-electron chi connectivity index (χ2n) is 4.17. The van der Waals surface area contributed by atoms with E-state index in [2.05, 4.69) is 0 Å². The predicted octanol–water partition coefficient (Wildman–Crippen LogP) is 5.04. The van der Waals surface area contributed by atoms with Gasteiger partial charge in [-0.05, 0) is 35.9 Å². The number of hydrogen-bond donors (Lipinski definition) is 0. The molecule has 0 aromatic heterocycles. The van der Waals surface area contributed by atoms with E-state index in [0.717, 1.165) is 0 Å². The van der Waals surface area contributed by atoms with Gasteiger partial charge in [-0.2, -0.15) is 0 Å². The van der Waals surface area contributed by atoms with Crippen LogP contribution in [0.5, 0.6) is 0 Å². The van der Waals surface area contributed by atoms with Crippen molar-refractivity contribution in [1.82, 2.24) is 0 Å². The Morgan fingerprint density at radius 3 is 2.65 bits per heavy atom. The van der Waals surface area contributed by atoms with Crippen LogP contribution in [0.15, 0.2) is 47.4 Å². The third-order valence-electron chi connectivity index (χ3n) is 2.62. The van der Waals surface area contributed by atoms with Gasteiger partial charge < -0.3 is 0 Å². The number of carbonyl (C=O) groups excluding carboxylic acids is 1. The molecule has 0 radical (unpaired) electrons. The Kier molecular flexibility index (Phi) is 5.46. The van der Waals surface area contributed by atoms with Crippen molar-refractivity contribution in [3.05, 3.63) is 63.9 Å². The fraction of sp³-hybridized carbons (Fsp3) is 0.133. The van der Waals surface area contributed by atoms with E-state index in [1.807, 2.05) is 0 Å². The van der Waals surface area contributed by atoms with E-state index in [9.17, 15) is 9.18 Å². The highest BCUT2D eigenvalue weighted by molar-refractivity contribution is 8.00. The minimum atomic E-state index is -0.314. The molecular formula is C15H11Cl2FOS. The number of ketones is 1. The standard InChI is InChI=1S/C15H11Cl2FOS/c16-11-5-6-13(17)10(7-11)8-12(19)9-20-15-4-2-1-3-14(15)18/h1-7H,8-9H2. The highest BCUT2D eigenvalue weighted by Crippen LogP contribution is 2.24. The fourth-order valence-electron chi connectivity index (χ4n) is 1.66. The molecule has 2 aromatic rings. The number of rotatable bonds is 5. The lowest BCUT2D eigenvalue weighted by Crippen LogP contribution is -2.06.